The molecule has 1 fully saturated rings. The Balaban J connectivity index is 1.77. The number of rotatable bonds is 5. The van der Waals surface area contributed by atoms with E-state index in [1.54, 1.807) is 0 Å². The van der Waals surface area contributed by atoms with Crippen LogP contribution in [0.2, 0.25) is 0 Å². The van der Waals surface area contributed by atoms with Crippen molar-refractivity contribution in [3.63, 3.8) is 0 Å². The number of hydrogen-bond acceptors (Lipinski definition) is 2. The number of carbonyl (C=O) groups is 1. The highest BCUT2D eigenvalue weighted by atomic mass is 32.1. The highest BCUT2D eigenvalue weighted by molar-refractivity contribution is 7.80. The normalized spacial score (nSPS) is 16.6. The molecule has 1 aromatic rings. The molecule has 3 heteroatoms. The molecule has 1 atom stereocenters. The molecule has 1 saturated carbocycles. The van der Waals surface area contributed by atoms with Crippen LogP contribution in [-0.2, 0) is 11.2 Å². The van der Waals surface area contributed by atoms with Crippen molar-refractivity contribution in [3.8, 4) is 0 Å². The Bertz CT molecular complexity index is 384. The van der Waals surface area contributed by atoms with E-state index in [1.807, 2.05) is 24.3 Å². The van der Waals surface area contributed by atoms with Gasteiger partial charge in [0.15, 0.2) is 0 Å². The molecule has 0 aromatic heterocycles. The molecule has 1 amide bonds. The Morgan fingerprint density at radius 3 is 2.65 bits per heavy atom. The van der Waals surface area contributed by atoms with Crippen LogP contribution in [0.25, 0.3) is 0 Å². The monoisotopic (exact) mass is 249 g/mol. The molecular formula is C14H19NOS. The summed E-state index contributed by atoms with van der Waals surface area (Å²) in [5.74, 6) is 0.971. The largest absolute Gasteiger partial charge is 0.353 e. The van der Waals surface area contributed by atoms with Crippen molar-refractivity contribution < 1.29 is 4.79 Å². The third-order valence-electron chi connectivity index (χ3n) is 3.09. The number of nitrogens with one attached hydrogen (secondary N) is 1. The predicted octanol–water partition coefficient (Wildman–Crippen LogP) is 2.82. The van der Waals surface area contributed by atoms with Gasteiger partial charge in [0.25, 0.3) is 0 Å². The van der Waals surface area contributed by atoms with Crippen LogP contribution in [-0.4, -0.2) is 11.9 Å². The van der Waals surface area contributed by atoms with Gasteiger partial charge in [0.2, 0.25) is 5.91 Å². The molecule has 0 saturated heterocycles. The van der Waals surface area contributed by atoms with E-state index >= 15 is 0 Å². The summed E-state index contributed by atoms with van der Waals surface area (Å²) in [4.78, 5) is 12.7. The quantitative estimate of drug-likeness (QED) is 0.772. The molecule has 1 aliphatic rings. The van der Waals surface area contributed by atoms with Crippen LogP contribution in [0.5, 0.6) is 0 Å². The van der Waals surface area contributed by atoms with E-state index in [-0.39, 0.29) is 5.91 Å². The van der Waals surface area contributed by atoms with Gasteiger partial charge in [-0.1, -0.05) is 25.0 Å². The fraction of sp³-hybridized carbons (Fsp3) is 0.500. The van der Waals surface area contributed by atoms with Crippen LogP contribution in [0.15, 0.2) is 29.2 Å². The van der Waals surface area contributed by atoms with Crippen molar-refractivity contribution in [1.29, 1.82) is 0 Å². The summed E-state index contributed by atoms with van der Waals surface area (Å²) in [6, 6.07) is 8.04. The Morgan fingerprint density at radius 1 is 1.41 bits per heavy atom. The van der Waals surface area contributed by atoms with Crippen LogP contribution >= 0.6 is 12.6 Å². The first kappa shape index (κ1) is 12.5. The molecule has 92 valence electrons. The lowest BCUT2D eigenvalue weighted by Crippen LogP contribution is -2.33. The lowest BCUT2D eigenvalue weighted by molar-refractivity contribution is -0.121. The SMILES string of the molecule is CC(CC1CC1)NC(=O)Cc1ccc(S)cc1. The molecular weight excluding hydrogens is 230 g/mol. The lowest BCUT2D eigenvalue weighted by Gasteiger charge is -2.13. The summed E-state index contributed by atoms with van der Waals surface area (Å²) in [6.45, 7) is 2.09. The molecule has 2 nitrogen and oxygen atoms in total. The van der Waals surface area contributed by atoms with Crippen molar-refractivity contribution in [2.24, 2.45) is 5.92 Å². The van der Waals surface area contributed by atoms with E-state index in [2.05, 4.69) is 24.9 Å². The smallest absolute Gasteiger partial charge is 0.224 e. The van der Waals surface area contributed by atoms with E-state index < -0.39 is 0 Å². The Kier molecular flexibility index (Phi) is 4.11. The molecule has 1 aromatic carbocycles. The molecule has 0 heterocycles. The molecule has 1 aliphatic carbocycles. The molecule has 1 unspecified atom stereocenters. The van der Waals surface area contributed by atoms with Gasteiger partial charge >= 0.3 is 0 Å². The number of hydrogen-bond donors (Lipinski definition) is 2. The van der Waals surface area contributed by atoms with Gasteiger partial charge in [0.05, 0.1) is 6.42 Å². The van der Waals surface area contributed by atoms with Gasteiger partial charge in [0, 0.05) is 10.9 Å². The average Bonchev–Trinajstić information content (AvgIpc) is 3.05. The number of thiol groups is 1. The minimum Gasteiger partial charge on any atom is -0.353 e. The fourth-order valence-corrected chi connectivity index (χ4v) is 2.19. The maximum absolute atomic E-state index is 11.8. The van der Waals surface area contributed by atoms with Gasteiger partial charge in [-0.2, -0.15) is 0 Å². The van der Waals surface area contributed by atoms with E-state index in [0.29, 0.717) is 12.5 Å². The second-order valence-corrected chi connectivity index (χ2v) is 5.51. The van der Waals surface area contributed by atoms with Crippen LogP contribution in [0.3, 0.4) is 0 Å². The minimum absolute atomic E-state index is 0.116. The van der Waals surface area contributed by atoms with E-state index in [9.17, 15) is 4.79 Å². The number of benzene rings is 1. The zero-order valence-electron chi connectivity index (χ0n) is 10.1. The van der Waals surface area contributed by atoms with Gasteiger partial charge in [-0.05, 0) is 37.0 Å². The summed E-state index contributed by atoms with van der Waals surface area (Å²) in [6.07, 6.45) is 4.26. The Hall–Kier alpha value is -0.960. The van der Waals surface area contributed by atoms with E-state index in [0.717, 1.165) is 22.8 Å². The van der Waals surface area contributed by atoms with Crippen molar-refractivity contribution in [3.05, 3.63) is 29.8 Å². The van der Waals surface area contributed by atoms with Crippen LogP contribution in [0, 0.1) is 5.92 Å². The molecule has 0 spiro atoms. The maximum Gasteiger partial charge on any atom is 0.224 e. The minimum atomic E-state index is 0.116. The summed E-state index contributed by atoms with van der Waals surface area (Å²) >= 11 is 4.22. The van der Waals surface area contributed by atoms with Crippen molar-refractivity contribution in [2.75, 3.05) is 0 Å². The average molecular weight is 249 g/mol. The van der Waals surface area contributed by atoms with Crippen molar-refractivity contribution in [1.82, 2.24) is 5.32 Å². The number of amides is 1. The molecule has 0 aliphatic heterocycles. The van der Waals surface area contributed by atoms with Crippen molar-refractivity contribution in [2.45, 2.75) is 43.5 Å². The summed E-state index contributed by atoms with van der Waals surface area (Å²) in [5.41, 5.74) is 1.04. The van der Waals surface area contributed by atoms with Gasteiger partial charge < -0.3 is 5.32 Å². The topological polar surface area (TPSA) is 29.1 Å². The highest BCUT2D eigenvalue weighted by Gasteiger charge is 2.24. The van der Waals surface area contributed by atoms with Gasteiger partial charge in [-0.25, -0.2) is 0 Å². The van der Waals surface area contributed by atoms with E-state index in [1.165, 1.54) is 12.8 Å². The van der Waals surface area contributed by atoms with Gasteiger partial charge in [-0.15, -0.1) is 12.6 Å². The van der Waals surface area contributed by atoms with Gasteiger partial charge in [0.1, 0.15) is 0 Å². The Labute approximate surface area is 108 Å². The summed E-state index contributed by atoms with van der Waals surface area (Å²) < 4.78 is 0. The first-order valence-corrected chi connectivity index (χ1v) is 6.65. The predicted molar refractivity (Wildman–Crippen MR) is 72.3 cm³/mol. The fourth-order valence-electron chi connectivity index (χ4n) is 2.04. The van der Waals surface area contributed by atoms with E-state index in [4.69, 9.17) is 0 Å². The molecule has 1 N–H and O–H groups in total. The molecule has 0 bridgehead atoms. The standard InChI is InChI=1S/C14H19NOS/c1-10(8-11-2-3-11)15-14(16)9-12-4-6-13(17)7-5-12/h4-7,10-11,17H,2-3,8-9H2,1H3,(H,15,16). The Morgan fingerprint density at radius 2 is 2.06 bits per heavy atom. The lowest BCUT2D eigenvalue weighted by atomic mass is 10.1. The molecule has 2 rings (SSSR count). The van der Waals surface area contributed by atoms with Crippen LogP contribution in [0.4, 0.5) is 0 Å². The second-order valence-electron chi connectivity index (χ2n) is 4.99. The van der Waals surface area contributed by atoms with Crippen molar-refractivity contribution >= 4 is 18.5 Å². The summed E-state index contributed by atoms with van der Waals surface area (Å²) in [7, 11) is 0. The zero-order chi connectivity index (χ0) is 12.3. The molecule has 17 heavy (non-hydrogen) atoms. The first-order chi connectivity index (χ1) is 8.13. The van der Waals surface area contributed by atoms with Crippen LogP contribution in [0.1, 0.15) is 31.7 Å². The molecule has 0 radical (unpaired) electrons. The second kappa shape index (κ2) is 5.58. The summed E-state index contributed by atoms with van der Waals surface area (Å²) in [5, 5.41) is 3.06. The van der Waals surface area contributed by atoms with Gasteiger partial charge in [-0.3, -0.25) is 4.79 Å². The third kappa shape index (κ3) is 4.43. The maximum atomic E-state index is 11.8. The van der Waals surface area contributed by atoms with Crippen LogP contribution < -0.4 is 5.32 Å². The zero-order valence-corrected chi connectivity index (χ0v) is 11.0. The highest BCUT2D eigenvalue weighted by Crippen LogP contribution is 2.33. The number of carbonyl (C=O) groups excluding carboxylic acids is 1. The third-order valence-corrected chi connectivity index (χ3v) is 3.39. The first-order valence-electron chi connectivity index (χ1n) is 6.21.